The maximum atomic E-state index is 13.0. The van der Waals surface area contributed by atoms with Gasteiger partial charge in [0.25, 0.3) is 17.4 Å². The van der Waals surface area contributed by atoms with Crippen molar-refractivity contribution >= 4 is 34.7 Å². The fourth-order valence-corrected chi connectivity index (χ4v) is 4.02. The zero-order valence-corrected chi connectivity index (χ0v) is 18.1. The van der Waals surface area contributed by atoms with Crippen LogP contribution in [0.25, 0.3) is 5.76 Å². The van der Waals surface area contributed by atoms with Crippen LogP contribution in [0.3, 0.4) is 0 Å². The normalized spacial score (nSPS) is 17.4. The molecule has 0 saturated carbocycles. The van der Waals surface area contributed by atoms with Crippen LogP contribution in [-0.2, 0) is 16.0 Å². The summed E-state index contributed by atoms with van der Waals surface area (Å²) in [4.78, 5) is 38.0. The number of carbonyl (C=O) groups is 2. The molecule has 1 heterocycles. The summed E-state index contributed by atoms with van der Waals surface area (Å²) in [5.41, 5.74) is 1.64. The molecule has 1 saturated heterocycles. The van der Waals surface area contributed by atoms with Crippen LogP contribution < -0.4 is 0 Å². The highest BCUT2D eigenvalue weighted by atomic mass is 35.5. The van der Waals surface area contributed by atoms with E-state index in [1.54, 1.807) is 24.3 Å². The average molecular weight is 463 g/mol. The van der Waals surface area contributed by atoms with Crippen LogP contribution in [0.4, 0.5) is 5.69 Å². The largest absolute Gasteiger partial charge is 0.507 e. The van der Waals surface area contributed by atoms with E-state index in [1.165, 1.54) is 29.2 Å². The molecule has 166 valence electrons. The van der Waals surface area contributed by atoms with Crippen LogP contribution in [-0.4, -0.2) is 33.2 Å². The van der Waals surface area contributed by atoms with Crippen LogP contribution in [0.2, 0.25) is 5.02 Å². The maximum absolute atomic E-state index is 13.0. The van der Waals surface area contributed by atoms with Gasteiger partial charge in [-0.15, -0.1) is 0 Å². The van der Waals surface area contributed by atoms with Gasteiger partial charge in [-0.1, -0.05) is 41.9 Å². The summed E-state index contributed by atoms with van der Waals surface area (Å²) >= 11 is 5.93. The van der Waals surface area contributed by atoms with Gasteiger partial charge in [0.15, 0.2) is 0 Å². The van der Waals surface area contributed by atoms with Crippen LogP contribution in [0.15, 0.2) is 84.4 Å². The third kappa shape index (κ3) is 4.49. The molecule has 0 radical (unpaired) electrons. The Morgan fingerprint density at radius 1 is 0.970 bits per heavy atom. The lowest BCUT2D eigenvalue weighted by atomic mass is 9.95. The van der Waals surface area contributed by atoms with Gasteiger partial charge in [0.1, 0.15) is 5.76 Å². The highest BCUT2D eigenvalue weighted by Gasteiger charge is 2.45. The average Bonchev–Trinajstić information content (AvgIpc) is 3.08. The summed E-state index contributed by atoms with van der Waals surface area (Å²) in [6, 6.07) is 20.5. The summed E-state index contributed by atoms with van der Waals surface area (Å²) in [5, 5.41) is 22.5. The number of rotatable bonds is 6. The van der Waals surface area contributed by atoms with Crippen molar-refractivity contribution < 1.29 is 19.6 Å². The third-order valence-electron chi connectivity index (χ3n) is 5.56. The van der Waals surface area contributed by atoms with E-state index in [0.29, 0.717) is 22.6 Å². The Labute approximate surface area is 194 Å². The molecule has 0 spiro atoms. The number of hydrogen-bond acceptors (Lipinski definition) is 5. The van der Waals surface area contributed by atoms with Gasteiger partial charge in [-0.2, -0.15) is 0 Å². The van der Waals surface area contributed by atoms with Crippen molar-refractivity contribution in [1.82, 2.24) is 4.90 Å². The van der Waals surface area contributed by atoms with E-state index in [-0.39, 0.29) is 23.6 Å². The number of hydrogen-bond donors (Lipinski definition) is 1. The Morgan fingerprint density at radius 2 is 1.61 bits per heavy atom. The van der Waals surface area contributed by atoms with Crippen LogP contribution in [0.5, 0.6) is 0 Å². The summed E-state index contributed by atoms with van der Waals surface area (Å²) in [5.74, 6) is -1.86. The van der Waals surface area contributed by atoms with E-state index >= 15 is 0 Å². The van der Waals surface area contributed by atoms with Crippen LogP contribution in [0.1, 0.15) is 22.7 Å². The molecule has 1 unspecified atom stereocenters. The molecular weight excluding hydrogens is 444 g/mol. The number of nitro benzene ring substituents is 1. The second-order valence-corrected chi connectivity index (χ2v) is 8.02. The summed E-state index contributed by atoms with van der Waals surface area (Å²) in [7, 11) is 0. The molecule has 0 aliphatic carbocycles. The lowest BCUT2D eigenvalue weighted by Gasteiger charge is -2.25. The Balaban J connectivity index is 1.79. The van der Waals surface area contributed by atoms with E-state index in [0.717, 1.165) is 5.56 Å². The number of Topliss-reactive ketones (excluding diaryl/α,β-unsaturated/α-hetero) is 1. The standard InChI is InChI=1S/C25H19ClN2O5/c26-19-10-6-18(7-11-19)23(29)21-22(17-8-12-20(13-9-17)28(32)33)27(25(31)24(21)30)15-14-16-4-2-1-3-5-16/h1-13,22,29H,14-15H2/b23-21-. The molecule has 1 atom stereocenters. The van der Waals surface area contributed by atoms with Gasteiger partial charge >= 0.3 is 0 Å². The number of likely N-dealkylation sites (tertiary alicyclic amines) is 1. The fourth-order valence-electron chi connectivity index (χ4n) is 3.89. The third-order valence-corrected chi connectivity index (χ3v) is 5.81. The van der Waals surface area contributed by atoms with Crippen molar-refractivity contribution in [1.29, 1.82) is 0 Å². The number of aliphatic hydroxyl groups excluding tert-OH is 1. The number of benzene rings is 3. The first-order chi connectivity index (χ1) is 15.9. The molecule has 8 heteroatoms. The molecule has 1 aliphatic heterocycles. The highest BCUT2D eigenvalue weighted by molar-refractivity contribution is 6.46. The van der Waals surface area contributed by atoms with E-state index in [4.69, 9.17) is 11.6 Å². The van der Waals surface area contributed by atoms with Crippen molar-refractivity contribution in [2.75, 3.05) is 6.54 Å². The minimum Gasteiger partial charge on any atom is -0.507 e. The zero-order valence-electron chi connectivity index (χ0n) is 17.3. The topological polar surface area (TPSA) is 101 Å². The lowest BCUT2D eigenvalue weighted by molar-refractivity contribution is -0.384. The monoisotopic (exact) mass is 462 g/mol. The van der Waals surface area contributed by atoms with Gasteiger partial charge in [0.05, 0.1) is 16.5 Å². The van der Waals surface area contributed by atoms with Crippen molar-refractivity contribution in [2.24, 2.45) is 0 Å². The van der Waals surface area contributed by atoms with Crippen molar-refractivity contribution in [2.45, 2.75) is 12.5 Å². The Morgan fingerprint density at radius 3 is 2.21 bits per heavy atom. The Hall–Kier alpha value is -3.97. The molecule has 1 aliphatic rings. The quantitative estimate of drug-likeness (QED) is 0.184. The fraction of sp³-hybridized carbons (Fsp3) is 0.120. The van der Waals surface area contributed by atoms with Gasteiger partial charge in [-0.25, -0.2) is 0 Å². The Kier molecular flexibility index (Phi) is 6.24. The first kappa shape index (κ1) is 22.2. The molecule has 0 bridgehead atoms. The number of nitrogens with zero attached hydrogens (tertiary/aromatic N) is 2. The van der Waals surface area contributed by atoms with Gasteiger partial charge in [-0.3, -0.25) is 19.7 Å². The first-order valence-corrected chi connectivity index (χ1v) is 10.6. The molecule has 33 heavy (non-hydrogen) atoms. The number of nitro groups is 1. The summed E-state index contributed by atoms with van der Waals surface area (Å²) in [6.07, 6.45) is 0.498. The number of carbonyl (C=O) groups excluding carboxylic acids is 2. The van der Waals surface area contributed by atoms with Crippen molar-refractivity contribution in [3.63, 3.8) is 0 Å². The smallest absolute Gasteiger partial charge is 0.295 e. The van der Waals surface area contributed by atoms with Gasteiger partial charge in [0, 0.05) is 29.3 Å². The molecule has 3 aromatic carbocycles. The second kappa shape index (κ2) is 9.26. The Bertz CT molecular complexity index is 1240. The van der Waals surface area contributed by atoms with Crippen molar-refractivity contribution in [3.05, 3.63) is 116 Å². The van der Waals surface area contributed by atoms with Gasteiger partial charge in [-0.05, 0) is 53.9 Å². The van der Waals surface area contributed by atoms with Gasteiger partial charge < -0.3 is 10.0 Å². The number of halogens is 1. The number of amides is 1. The predicted octanol–water partition coefficient (Wildman–Crippen LogP) is 4.91. The number of ketones is 1. The second-order valence-electron chi connectivity index (χ2n) is 7.58. The summed E-state index contributed by atoms with van der Waals surface area (Å²) in [6.45, 7) is 0.230. The van der Waals surface area contributed by atoms with Crippen LogP contribution >= 0.6 is 11.6 Å². The molecule has 0 aromatic heterocycles. The molecule has 1 amide bonds. The maximum Gasteiger partial charge on any atom is 0.295 e. The van der Waals surface area contributed by atoms with E-state index < -0.39 is 22.7 Å². The molecule has 3 aromatic rings. The highest BCUT2D eigenvalue weighted by Crippen LogP contribution is 2.40. The lowest BCUT2D eigenvalue weighted by Crippen LogP contribution is -2.31. The molecule has 7 nitrogen and oxygen atoms in total. The molecule has 1 fully saturated rings. The van der Waals surface area contributed by atoms with E-state index in [1.807, 2.05) is 30.3 Å². The number of aliphatic hydroxyl groups is 1. The predicted molar refractivity (Wildman–Crippen MR) is 124 cm³/mol. The zero-order chi connectivity index (χ0) is 23.5. The minimum atomic E-state index is -0.884. The molecule has 4 rings (SSSR count). The number of non-ortho nitro benzene ring substituents is 1. The van der Waals surface area contributed by atoms with Crippen LogP contribution in [0, 0.1) is 10.1 Å². The molecule has 1 N–H and O–H groups in total. The SMILES string of the molecule is O=C1C(=O)N(CCc2ccccc2)C(c2ccc([N+](=O)[O-])cc2)/C1=C(/O)c1ccc(Cl)cc1. The first-order valence-electron chi connectivity index (χ1n) is 10.2. The van der Waals surface area contributed by atoms with E-state index in [2.05, 4.69) is 0 Å². The molecular formula is C25H19ClN2O5. The van der Waals surface area contributed by atoms with Gasteiger partial charge in [0.2, 0.25) is 0 Å². The van der Waals surface area contributed by atoms with E-state index in [9.17, 15) is 24.8 Å². The summed E-state index contributed by atoms with van der Waals surface area (Å²) < 4.78 is 0. The minimum absolute atomic E-state index is 0.0655. The van der Waals surface area contributed by atoms with Crippen molar-refractivity contribution in [3.8, 4) is 0 Å².